The molecule has 1 unspecified atom stereocenters. The van der Waals surface area contributed by atoms with Gasteiger partial charge in [0.15, 0.2) is 0 Å². The van der Waals surface area contributed by atoms with Crippen molar-refractivity contribution in [1.29, 1.82) is 0 Å². The molecule has 1 aromatic rings. The summed E-state index contributed by atoms with van der Waals surface area (Å²) in [4.78, 5) is 18.1. The van der Waals surface area contributed by atoms with Crippen LogP contribution in [-0.4, -0.2) is 55.2 Å². The fourth-order valence-corrected chi connectivity index (χ4v) is 2.33. The molecule has 2 heterocycles. The molecular formula is C12H16BrN3O2. The summed E-state index contributed by atoms with van der Waals surface area (Å²) < 4.78 is 6.39. The zero-order chi connectivity index (χ0) is 13.0. The number of carbonyl (C=O) groups excluding carboxylic acids is 1. The fraction of sp³-hybridized carbons (Fsp3) is 0.500. The molecule has 0 bridgehead atoms. The number of aromatic nitrogens is 1. The van der Waals surface area contributed by atoms with E-state index in [1.807, 2.05) is 11.9 Å². The maximum absolute atomic E-state index is 12.3. The van der Waals surface area contributed by atoms with Crippen LogP contribution in [0.2, 0.25) is 0 Å². The first-order valence-corrected chi connectivity index (χ1v) is 6.66. The van der Waals surface area contributed by atoms with E-state index in [0.717, 1.165) is 11.0 Å². The van der Waals surface area contributed by atoms with Crippen LogP contribution in [0.1, 0.15) is 10.4 Å². The van der Waals surface area contributed by atoms with Crippen LogP contribution in [0.4, 0.5) is 0 Å². The lowest BCUT2D eigenvalue weighted by molar-refractivity contribution is -0.0196. The smallest absolute Gasteiger partial charge is 0.255 e. The van der Waals surface area contributed by atoms with E-state index in [9.17, 15) is 4.79 Å². The van der Waals surface area contributed by atoms with Crippen molar-refractivity contribution in [2.75, 3.05) is 33.3 Å². The molecule has 1 saturated heterocycles. The Bertz CT molecular complexity index is 426. The van der Waals surface area contributed by atoms with Crippen molar-refractivity contribution >= 4 is 21.8 Å². The number of nitrogens with one attached hydrogen (secondary N) is 1. The highest BCUT2D eigenvalue weighted by Gasteiger charge is 2.24. The van der Waals surface area contributed by atoms with Gasteiger partial charge in [-0.25, -0.2) is 0 Å². The van der Waals surface area contributed by atoms with Crippen molar-refractivity contribution in [3.8, 4) is 0 Å². The van der Waals surface area contributed by atoms with Crippen molar-refractivity contribution in [2.45, 2.75) is 6.10 Å². The highest BCUT2D eigenvalue weighted by molar-refractivity contribution is 9.10. The molecule has 0 spiro atoms. The lowest BCUT2D eigenvalue weighted by Crippen LogP contribution is -2.48. The van der Waals surface area contributed by atoms with Gasteiger partial charge in [0.2, 0.25) is 0 Å². The Morgan fingerprint density at radius 2 is 2.50 bits per heavy atom. The van der Waals surface area contributed by atoms with E-state index in [1.165, 1.54) is 0 Å². The molecule has 1 amide bonds. The molecule has 2 rings (SSSR count). The summed E-state index contributed by atoms with van der Waals surface area (Å²) in [6.07, 6.45) is 3.32. The Morgan fingerprint density at radius 3 is 3.22 bits per heavy atom. The number of ether oxygens (including phenoxy) is 1. The maximum atomic E-state index is 12.3. The lowest BCUT2D eigenvalue weighted by atomic mass is 10.2. The van der Waals surface area contributed by atoms with E-state index < -0.39 is 0 Å². The minimum atomic E-state index is 0.00760. The second-order valence-electron chi connectivity index (χ2n) is 4.19. The largest absolute Gasteiger partial charge is 0.373 e. The van der Waals surface area contributed by atoms with E-state index >= 15 is 0 Å². The standard InChI is InChI=1S/C12H16BrN3O2/c1-14-7-11-8-16(2-3-18-11)12(17)9-4-10(13)6-15-5-9/h4-6,11,14H,2-3,7-8H2,1H3. The van der Waals surface area contributed by atoms with Crippen LogP contribution in [0.5, 0.6) is 0 Å². The number of amides is 1. The lowest BCUT2D eigenvalue weighted by Gasteiger charge is -2.32. The molecule has 0 aromatic carbocycles. The summed E-state index contributed by atoms with van der Waals surface area (Å²) in [6, 6.07) is 1.79. The van der Waals surface area contributed by atoms with Crippen LogP contribution >= 0.6 is 15.9 Å². The van der Waals surface area contributed by atoms with Gasteiger partial charge in [-0.2, -0.15) is 0 Å². The maximum Gasteiger partial charge on any atom is 0.255 e. The first-order chi connectivity index (χ1) is 8.70. The zero-order valence-corrected chi connectivity index (χ0v) is 11.8. The molecule has 1 aliphatic rings. The van der Waals surface area contributed by atoms with E-state index in [4.69, 9.17) is 4.74 Å². The van der Waals surface area contributed by atoms with Crippen molar-refractivity contribution in [3.63, 3.8) is 0 Å². The second-order valence-corrected chi connectivity index (χ2v) is 5.11. The van der Waals surface area contributed by atoms with E-state index in [0.29, 0.717) is 25.3 Å². The highest BCUT2D eigenvalue weighted by Crippen LogP contribution is 2.14. The Morgan fingerprint density at radius 1 is 1.67 bits per heavy atom. The highest BCUT2D eigenvalue weighted by atomic mass is 79.9. The molecule has 0 saturated carbocycles. The summed E-state index contributed by atoms with van der Waals surface area (Å²) >= 11 is 3.32. The minimum absolute atomic E-state index is 0.00760. The summed E-state index contributed by atoms with van der Waals surface area (Å²) in [7, 11) is 1.88. The van der Waals surface area contributed by atoms with Crippen LogP contribution < -0.4 is 5.32 Å². The fourth-order valence-electron chi connectivity index (χ4n) is 1.97. The van der Waals surface area contributed by atoms with Crippen molar-refractivity contribution in [3.05, 3.63) is 28.5 Å². The molecule has 0 aliphatic carbocycles. The number of hydrogen-bond donors (Lipinski definition) is 1. The normalized spacial score (nSPS) is 19.9. The molecule has 0 radical (unpaired) electrons. The first kappa shape index (κ1) is 13.5. The number of rotatable bonds is 3. The van der Waals surface area contributed by atoms with Gasteiger partial charge in [-0.3, -0.25) is 9.78 Å². The molecule has 1 atom stereocenters. The van der Waals surface area contributed by atoms with Crippen LogP contribution in [0, 0.1) is 0 Å². The van der Waals surface area contributed by atoms with Gasteiger partial charge in [-0.15, -0.1) is 0 Å². The molecule has 6 heteroatoms. The number of pyridine rings is 1. The van der Waals surface area contributed by atoms with Gasteiger partial charge in [0.05, 0.1) is 18.3 Å². The summed E-state index contributed by atoms with van der Waals surface area (Å²) in [6.45, 7) is 2.58. The van der Waals surface area contributed by atoms with Crippen LogP contribution in [0.15, 0.2) is 22.9 Å². The van der Waals surface area contributed by atoms with Crippen molar-refractivity contribution in [1.82, 2.24) is 15.2 Å². The predicted octanol–water partition coefficient (Wildman–Crippen LogP) is 0.904. The molecule has 1 aromatic heterocycles. The second kappa shape index (κ2) is 6.26. The van der Waals surface area contributed by atoms with Gasteiger partial charge in [0.1, 0.15) is 0 Å². The van der Waals surface area contributed by atoms with Gasteiger partial charge in [-0.1, -0.05) is 0 Å². The SMILES string of the molecule is CNCC1CN(C(=O)c2cncc(Br)c2)CCO1. The molecule has 1 N–H and O–H groups in total. The molecular weight excluding hydrogens is 298 g/mol. The average molecular weight is 314 g/mol. The number of likely N-dealkylation sites (N-methyl/N-ethyl adjacent to an activating group) is 1. The molecule has 18 heavy (non-hydrogen) atoms. The Hall–Kier alpha value is -0.980. The summed E-state index contributed by atoms with van der Waals surface area (Å²) in [5.74, 6) is 0.00760. The predicted molar refractivity (Wildman–Crippen MR) is 71.5 cm³/mol. The number of carbonyl (C=O) groups is 1. The average Bonchev–Trinajstić information content (AvgIpc) is 2.39. The molecule has 1 fully saturated rings. The minimum Gasteiger partial charge on any atom is -0.373 e. The van der Waals surface area contributed by atoms with Gasteiger partial charge in [0, 0.05) is 36.5 Å². The quantitative estimate of drug-likeness (QED) is 0.901. The van der Waals surface area contributed by atoms with Crippen molar-refractivity contribution < 1.29 is 9.53 Å². The van der Waals surface area contributed by atoms with Crippen molar-refractivity contribution in [2.24, 2.45) is 0 Å². The van der Waals surface area contributed by atoms with Crippen LogP contribution in [0.25, 0.3) is 0 Å². The van der Waals surface area contributed by atoms with Gasteiger partial charge in [0.25, 0.3) is 5.91 Å². The van der Waals surface area contributed by atoms with E-state index in [2.05, 4.69) is 26.2 Å². The van der Waals surface area contributed by atoms with Crippen LogP contribution in [-0.2, 0) is 4.74 Å². The molecule has 1 aliphatic heterocycles. The summed E-state index contributed by atoms with van der Waals surface area (Å²) in [5.41, 5.74) is 0.606. The third kappa shape index (κ3) is 3.28. The molecule has 5 nitrogen and oxygen atoms in total. The Balaban J connectivity index is 2.04. The van der Waals surface area contributed by atoms with E-state index in [1.54, 1.807) is 18.5 Å². The number of morpholine rings is 1. The third-order valence-electron chi connectivity index (χ3n) is 2.81. The number of hydrogen-bond acceptors (Lipinski definition) is 4. The van der Waals surface area contributed by atoms with Gasteiger partial charge in [-0.05, 0) is 29.0 Å². The Kier molecular flexibility index (Phi) is 4.68. The third-order valence-corrected chi connectivity index (χ3v) is 3.24. The zero-order valence-electron chi connectivity index (χ0n) is 10.2. The van der Waals surface area contributed by atoms with Crippen LogP contribution in [0.3, 0.4) is 0 Å². The van der Waals surface area contributed by atoms with E-state index in [-0.39, 0.29) is 12.0 Å². The Labute approximate surface area is 115 Å². The first-order valence-electron chi connectivity index (χ1n) is 5.86. The summed E-state index contributed by atoms with van der Waals surface area (Å²) in [5, 5.41) is 3.06. The number of halogens is 1. The topological polar surface area (TPSA) is 54.5 Å². The number of nitrogens with zero attached hydrogens (tertiary/aromatic N) is 2. The monoisotopic (exact) mass is 313 g/mol. The molecule has 98 valence electrons. The van der Waals surface area contributed by atoms with Gasteiger partial charge < -0.3 is 15.0 Å². The van der Waals surface area contributed by atoms with Gasteiger partial charge >= 0.3 is 0 Å².